The van der Waals surface area contributed by atoms with Crippen molar-refractivity contribution in [2.75, 3.05) is 12.0 Å². The molecular formula is C31H30ClF2N9O4. The van der Waals surface area contributed by atoms with Gasteiger partial charge in [-0.25, -0.2) is 14.8 Å². The van der Waals surface area contributed by atoms with E-state index in [1.165, 1.54) is 47.1 Å². The Morgan fingerprint density at radius 2 is 1.91 bits per heavy atom. The first-order valence-corrected chi connectivity index (χ1v) is 15.0. The first-order chi connectivity index (χ1) is 22.3. The average molecular weight is 666 g/mol. The monoisotopic (exact) mass is 665 g/mol. The van der Waals surface area contributed by atoms with Gasteiger partial charge in [0.2, 0.25) is 11.9 Å². The minimum atomic E-state index is -1.32. The number of carboxylic acid groups (broad SMARTS) is 1. The summed E-state index contributed by atoms with van der Waals surface area (Å²) in [4.78, 5) is 37.4. The third-order valence-electron chi connectivity index (χ3n) is 7.87. The van der Waals surface area contributed by atoms with Crippen LogP contribution in [0, 0.1) is 17.8 Å². The first-order valence-electron chi connectivity index (χ1n) is 14.6. The third-order valence-corrected chi connectivity index (χ3v) is 8.11. The van der Waals surface area contributed by atoms with Crippen molar-refractivity contribution in [3.05, 3.63) is 82.0 Å². The fourth-order valence-corrected chi connectivity index (χ4v) is 5.70. The van der Waals surface area contributed by atoms with E-state index in [-0.39, 0.29) is 28.8 Å². The van der Waals surface area contributed by atoms with Gasteiger partial charge in [0.05, 0.1) is 30.6 Å². The highest BCUT2D eigenvalue weighted by Gasteiger charge is 2.33. The standard InChI is InChI=1S/C31H30ClF2N9O4/c1-31(2,3)43(30(45)46)24-10-8-18(27(33)36-24)26-28(34)38-29(37-26)22(11-16-5-6-16)41-14-23(47-4)20(13-25(41)44)19-12-17(32)7-9-21(19)42-15-35-39-40-42/h7-10,12-16,22H,5-6,11H2,1-4H3,(H,37,38)(H,45,46). The zero-order valence-electron chi connectivity index (χ0n) is 25.8. The number of aromatic nitrogens is 8. The lowest BCUT2D eigenvalue weighted by Gasteiger charge is -2.32. The van der Waals surface area contributed by atoms with Gasteiger partial charge in [-0.1, -0.05) is 24.4 Å². The highest BCUT2D eigenvalue weighted by molar-refractivity contribution is 6.31. The summed E-state index contributed by atoms with van der Waals surface area (Å²) < 4.78 is 39.4. The number of hydrogen-bond donors (Lipinski definition) is 2. The number of tetrazole rings is 1. The van der Waals surface area contributed by atoms with Crippen LogP contribution in [-0.2, 0) is 0 Å². The maximum atomic E-state index is 15.5. The van der Waals surface area contributed by atoms with Crippen LogP contribution in [0.1, 0.15) is 51.9 Å². The number of H-pyrrole nitrogens is 1. The van der Waals surface area contributed by atoms with Crippen molar-refractivity contribution in [2.45, 2.75) is 51.6 Å². The second kappa shape index (κ2) is 12.2. The van der Waals surface area contributed by atoms with E-state index in [1.54, 1.807) is 39.0 Å². The number of halogens is 3. The number of aromatic amines is 1. The number of carbonyl (C=O) groups is 1. The highest BCUT2D eigenvalue weighted by atomic mass is 35.5. The summed E-state index contributed by atoms with van der Waals surface area (Å²) >= 11 is 6.33. The van der Waals surface area contributed by atoms with Gasteiger partial charge in [-0.15, -0.1) is 5.10 Å². The Labute approximate surface area is 271 Å². The number of benzene rings is 1. The van der Waals surface area contributed by atoms with Crippen LogP contribution in [0.25, 0.3) is 28.1 Å². The minimum absolute atomic E-state index is 0.101. The quantitative estimate of drug-likeness (QED) is 0.183. The number of methoxy groups -OCH3 is 1. The van der Waals surface area contributed by atoms with Gasteiger partial charge in [0.1, 0.15) is 29.4 Å². The molecule has 1 saturated carbocycles. The molecule has 16 heteroatoms. The second-order valence-corrected chi connectivity index (χ2v) is 12.6. The molecule has 0 radical (unpaired) electrons. The molecule has 1 aromatic carbocycles. The Hall–Kier alpha value is -5.18. The molecule has 5 aromatic rings. The van der Waals surface area contributed by atoms with Gasteiger partial charge >= 0.3 is 6.09 Å². The van der Waals surface area contributed by atoms with Crippen LogP contribution < -0.4 is 15.2 Å². The van der Waals surface area contributed by atoms with Crippen LogP contribution >= 0.6 is 11.6 Å². The fraction of sp³-hybridized carbons (Fsp3) is 0.323. The van der Waals surface area contributed by atoms with E-state index in [0.29, 0.717) is 34.0 Å². The molecule has 0 spiro atoms. The smallest absolute Gasteiger partial charge is 0.413 e. The zero-order valence-corrected chi connectivity index (χ0v) is 26.5. The molecule has 4 heterocycles. The second-order valence-electron chi connectivity index (χ2n) is 12.2. The van der Waals surface area contributed by atoms with Crippen molar-refractivity contribution in [1.29, 1.82) is 0 Å². The molecule has 1 aliphatic rings. The van der Waals surface area contributed by atoms with E-state index in [9.17, 15) is 14.7 Å². The van der Waals surface area contributed by atoms with Gasteiger partial charge in [0, 0.05) is 27.8 Å². The van der Waals surface area contributed by atoms with Crippen molar-refractivity contribution < 1.29 is 23.4 Å². The molecule has 4 aromatic heterocycles. The Kier molecular flexibility index (Phi) is 8.26. The molecule has 1 unspecified atom stereocenters. The van der Waals surface area contributed by atoms with Gasteiger partial charge in [-0.05, 0) is 73.9 Å². The molecule has 0 aliphatic heterocycles. The zero-order chi connectivity index (χ0) is 33.6. The number of nitrogens with one attached hydrogen (secondary N) is 1. The summed E-state index contributed by atoms with van der Waals surface area (Å²) in [5.74, 6) is -1.49. The number of ether oxygens (including phenoxy) is 1. The normalized spacial score (nSPS) is 13.9. The van der Waals surface area contributed by atoms with Crippen molar-refractivity contribution in [3.63, 3.8) is 0 Å². The molecule has 13 nitrogen and oxygen atoms in total. The number of anilines is 1. The molecule has 244 valence electrons. The average Bonchev–Trinajstić information content (AvgIpc) is 3.50. The number of nitrogens with zero attached hydrogens (tertiary/aromatic N) is 8. The van der Waals surface area contributed by atoms with Crippen molar-refractivity contribution in [1.82, 2.24) is 39.7 Å². The summed E-state index contributed by atoms with van der Waals surface area (Å²) in [7, 11) is 1.46. The van der Waals surface area contributed by atoms with Crippen LogP contribution in [-0.4, -0.2) is 63.6 Å². The molecule has 0 bridgehead atoms. The number of amides is 1. The molecule has 2 N–H and O–H groups in total. The van der Waals surface area contributed by atoms with Gasteiger partial charge in [-0.3, -0.25) is 9.69 Å². The van der Waals surface area contributed by atoms with Crippen LogP contribution in [0.15, 0.2) is 53.7 Å². The van der Waals surface area contributed by atoms with Gasteiger partial charge in [-0.2, -0.15) is 13.5 Å². The van der Waals surface area contributed by atoms with Crippen molar-refractivity contribution >= 4 is 23.5 Å². The molecule has 0 saturated heterocycles. The summed E-state index contributed by atoms with van der Waals surface area (Å²) in [5.41, 5.74) is -0.448. The van der Waals surface area contributed by atoms with E-state index >= 15 is 8.78 Å². The summed E-state index contributed by atoms with van der Waals surface area (Å²) in [6.45, 7) is 4.92. The maximum absolute atomic E-state index is 15.5. The van der Waals surface area contributed by atoms with Crippen molar-refractivity contribution in [3.8, 4) is 33.8 Å². The predicted molar refractivity (Wildman–Crippen MR) is 168 cm³/mol. The Balaban J connectivity index is 1.41. The minimum Gasteiger partial charge on any atom is -0.495 e. The van der Waals surface area contributed by atoms with E-state index in [1.807, 2.05) is 0 Å². The maximum Gasteiger partial charge on any atom is 0.413 e. The number of hydrogen-bond acceptors (Lipinski definition) is 8. The van der Waals surface area contributed by atoms with Crippen LogP contribution in [0.5, 0.6) is 5.75 Å². The van der Waals surface area contributed by atoms with E-state index < -0.39 is 35.1 Å². The lowest BCUT2D eigenvalue weighted by Crippen LogP contribution is -2.45. The van der Waals surface area contributed by atoms with Gasteiger partial charge < -0.3 is 19.4 Å². The lowest BCUT2D eigenvalue weighted by molar-refractivity contribution is 0.195. The molecule has 1 aliphatic carbocycles. The Morgan fingerprint density at radius 1 is 1.15 bits per heavy atom. The summed E-state index contributed by atoms with van der Waals surface area (Å²) in [5, 5.41) is 21.4. The van der Waals surface area contributed by atoms with Crippen molar-refractivity contribution in [2.24, 2.45) is 5.92 Å². The third kappa shape index (κ3) is 6.30. The highest BCUT2D eigenvalue weighted by Crippen LogP contribution is 2.41. The molecule has 6 rings (SSSR count). The van der Waals surface area contributed by atoms with Crippen LogP contribution in [0.4, 0.5) is 19.4 Å². The molecule has 1 atom stereocenters. The topological polar surface area (TPSA) is 157 Å². The predicted octanol–water partition coefficient (Wildman–Crippen LogP) is 5.89. The number of imidazole rings is 1. The molecule has 47 heavy (non-hydrogen) atoms. The number of rotatable bonds is 9. The first kappa shape index (κ1) is 31.8. The largest absolute Gasteiger partial charge is 0.495 e. The van der Waals surface area contributed by atoms with Gasteiger partial charge in [0.25, 0.3) is 5.56 Å². The summed E-state index contributed by atoms with van der Waals surface area (Å²) in [6.07, 6.45) is 3.94. The number of pyridine rings is 2. The van der Waals surface area contributed by atoms with E-state index in [4.69, 9.17) is 16.3 Å². The van der Waals surface area contributed by atoms with Crippen LogP contribution in [0.2, 0.25) is 5.02 Å². The molecule has 1 fully saturated rings. The molecular weight excluding hydrogens is 636 g/mol. The summed E-state index contributed by atoms with van der Waals surface area (Å²) in [6, 6.07) is 8.22. The SMILES string of the molecule is COc1cn(C(CC2CC2)c2nc(-c3ccc(N(C(=O)O)C(C)(C)C)nc3F)c(F)[nH]2)c(=O)cc1-c1cc(Cl)ccc1-n1cnnn1. The van der Waals surface area contributed by atoms with Crippen LogP contribution in [0.3, 0.4) is 0 Å². The Morgan fingerprint density at radius 3 is 2.53 bits per heavy atom. The fourth-order valence-electron chi connectivity index (χ4n) is 5.53. The van der Waals surface area contributed by atoms with E-state index in [2.05, 4.69) is 30.5 Å². The lowest BCUT2D eigenvalue weighted by atomic mass is 10.0. The Bertz CT molecular complexity index is 2020. The molecule has 1 amide bonds. The van der Waals surface area contributed by atoms with E-state index in [0.717, 1.165) is 17.7 Å². The van der Waals surface area contributed by atoms with Gasteiger partial charge in [0.15, 0.2) is 0 Å².